The Morgan fingerprint density at radius 3 is 2.31 bits per heavy atom. The number of imide groups is 1. The van der Waals surface area contributed by atoms with Crippen LogP contribution in [0.2, 0.25) is 0 Å². The number of carbonyl (C=O) groups excluding carboxylic acids is 2. The lowest BCUT2D eigenvalue weighted by Gasteiger charge is -2.34. The van der Waals surface area contributed by atoms with Crippen molar-refractivity contribution >= 4 is 40.9 Å². The fourth-order valence-electron chi connectivity index (χ4n) is 2.62. The van der Waals surface area contributed by atoms with Crippen molar-refractivity contribution < 1.29 is 9.59 Å². The molecule has 1 N–H and O–H groups in total. The van der Waals surface area contributed by atoms with E-state index in [0.717, 1.165) is 24.9 Å². The molecular formula is C15H14N8O2S. The Bertz CT molecular complexity index is 867. The Hall–Kier alpha value is -3.08. The predicted molar refractivity (Wildman–Crippen MR) is 95.4 cm³/mol. The first-order valence-electron chi connectivity index (χ1n) is 7.90. The van der Waals surface area contributed by atoms with Gasteiger partial charge in [0.1, 0.15) is 6.33 Å². The van der Waals surface area contributed by atoms with Crippen molar-refractivity contribution in [1.29, 1.82) is 0 Å². The summed E-state index contributed by atoms with van der Waals surface area (Å²) in [6, 6.07) is 1.79. The highest BCUT2D eigenvalue weighted by atomic mass is 32.2. The van der Waals surface area contributed by atoms with Gasteiger partial charge in [-0.3, -0.25) is 14.9 Å². The normalized spacial score (nSPS) is 19.2. The number of rotatable bonds is 3. The number of nitrogens with zero attached hydrogens (tertiary/aromatic N) is 7. The molecule has 2 amide bonds. The van der Waals surface area contributed by atoms with Gasteiger partial charge in [0, 0.05) is 44.6 Å². The van der Waals surface area contributed by atoms with E-state index in [9.17, 15) is 9.59 Å². The molecule has 11 heteroatoms. The minimum Gasteiger partial charge on any atom is -0.337 e. The van der Waals surface area contributed by atoms with Crippen LogP contribution >= 0.6 is 11.8 Å². The van der Waals surface area contributed by atoms with Crippen molar-refractivity contribution in [2.45, 2.75) is 0 Å². The maximum absolute atomic E-state index is 11.6. The molecule has 2 saturated heterocycles. The third kappa shape index (κ3) is 3.47. The van der Waals surface area contributed by atoms with E-state index in [4.69, 9.17) is 0 Å². The van der Waals surface area contributed by atoms with E-state index in [0.29, 0.717) is 30.8 Å². The average molecular weight is 370 g/mol. The van der Waals surface area contributed by atoms with Crippen LogP contribution in [0.25, 0.3) is 6.08 Å². The van der Waals surface area contributed by atoms with E-state index in [1.54, 1.807) is 18.5 Å². The summed E-state index contributed by atoms with van der Waals surface area (Å²) in [6.07, 6.45) is 6.34. The zero-order valence-electron chi connectivity index (χ0n) is 13.6. The van der Waals surface area contributed by atoms with Crippen molar-refractivity contribution in [2.24, 2.45) is 0 Å². The molecule has 0 radical (unpaired) electrons. The molecule has 26 heavy (non-hydrogen) atoms. The van der Waals surface area contributed by atoms with E-state index in [1.807, 2.05) is 4.90 Å². The molecule has 10 nitrogen and oxygen atoms in total. The van der Waals surface area contributed by atoms with Gasteiger partial charge in [0.25, 0.3) is 11.1 Å². The summed E-state index contributed by atoms with van der Waals surface area (Å²) in [6.45, 7) is 2.93. The van der Waals surface area contributed by atoms with Gasteiger partial charge in [0.05, 0.1) is 4.91 Å². The van der Waals surface area contributed by atoms with Crippen molar-refractivity contribution in [2.75, 3.05) is 36.0 Å². The highest BCUT2D eigenvalue weighted by molar-refractivity contribution is 8.18. The SMILES string of the molecule is O=C1NC(=O)/C(=C\c2ncnc(N3CCN(c4ncccn4)CC3)n2)S1. The van der Waals surface area contributed by atoms with Crippen LogP contribution in [0.4, 0.5) is 16.7 Å². The summed E-state index contributed by atoms with van der Waals surface area (Å²) < 4.78 is 0. The van der Waals surface area contributed by atoms with E-state index >= 15 is 0 Å². The number of hydrogen-bond acceptors (Lipinski definition) is 10. The molecule has 4 heterocycles. The van der Waals surface area contributed by atoms with Crippen LogP contribution in [0, 0.1) is 0 Å². The number of anilines is 2. The Balaban J connectivity index is 1.45. The van der Waals surface area contributed by atoms with Crippen LogP contribution in [-0.2, 0) is 4.79 Å². The Morgan fingerprint density at radius 1 is 0.962 bits per heavy atom. The number of hydrogen-bond donors (Lipinski definition) is 1. The molecule has 0 unspecified atom stereocenters. The molecular weight excluding hydrogens is 356 g/mol. The zero-order valence-corrected chi connectivity index (χ0v) is 14.4. The second-order valence-corrected chi connectivity index (χ2v) is 6.53. The molecule has 2 aromatic heterocycles. The van der Waals surface area contributed by atoms with Gasteiger partial charge in [0.2, 0.25) is 11.9 Å². The van der Waals surface area contributed by atoms with Gasteiger partial charge in [-0.1, -0.05) is 0 Å². The standard InChI is InChI=1S/C15H14N8O2S/c24-12-10(26-15(25)21-12)8-11-18-9-19-14(20-11)23-6-4-22(5-7-23)13-16-2-1-3-17-13/h1-3,8-9H,4-7H2,(H,21,24,25)/b10-8+. The quantitative estimate of drug-likeness (QED) is 0.757. The van der Waals surface area contributed by atoms with Crippen LogP contribution in [0.3, 0.4) is 0 Å². The summed E-state index contributed by atoms with van der Waals surface area (Å²) in [4.78, 5) is 48.5. The summed E-state index contributed by atoms with van der Waals surface area (Å²) in [5.74, 6) is 1.16. The molecule has 0 bridgehead atoms. The molecule has 0 atom stereocenters. The third-order valence-electron chi connectivity index (χ3n) is 3.88. The number of thioether (sulfide) groups is 1. The summed E-state index contributed by atoms with van der Waals surface area (Å²) in [5, 5.41) is 1.81. The lowest BCUT2D eigenvalue weighted by molar-refractivity contribution is -0.115. The minimum absolute atomic E-state index is 0.276. The van der Waals surface area contributed by atoms with Gasteiger partial charge in [-0.25, -0.2) is 19.9 Å². The van der Waals surface area contributed by atoms with Gasteiger partial charge in [-0.2, -0.15) is 4.98 Å². The van der Waals surface area contributed by atoms with Gasteiger partial charge < -0.3 is 9.80 Å². The highest BCUT2D eigenvalue weighted by Gasteiger charge is 2.26. The Morgan fingerprint density at radius 2 is 1.65 bits per heavy atom. The van der Waals surface area contributed by atoms with E-state index < -0.39 is 11.1 Å². The van der Waals surface area contributed by atoms with E-state index in [-0.39, 0.29) is 4.91 Å². The Labute approximate surface area is 152 Å². The van der Waals surface area contributed by atoms with Crippen molar-refractivity contribution in [3.8, 4) is 0 Å². The largest absolute Gasteiger partial charge is 0.337 e. The molecule has 2 aliphatic rings. The second kappa shape index (κ2) is 7.04. The first kappa shape index (κ1) is 16.4. The fourth-order valence-corrected chi connectivity index (χ4v) is 3.27. The van der Waals surface area contributed by atoms with E-state index in [1.165, 1.54) is 12.4 Å². The Kier molecular flexibility index (Phi) is 4.44. The van der Waals surface area contributed by atoms with E-state index in [2.05, 4.69) is 35.1 Å². The van der Waals surface area contributed by atoms with Gasteiger partial charge in [-0.15, -0.1) is 0 Å². The summed E-state index contributed by atoms with van der Waals surface area (Å²) in [7, 11) is 0. The lowest BCUT2D eigenvalue weighted by atomic mass is 10.3. The van der Waals surface area contributed by atoms with Crippen molar-refractivity contribution in [3.05, 3.63) is 35.5 Å². The number of amides is 2. The number of nitrogens with one attached hydrogen (secondary N) is 1. The fraction of sp³-hybridized carbons (Fsp3) is 0.267. The zero-order chi connectivity index (χ0) is 17.9. The molecule has 2 fully saturated rings. The minimum atomic E-state index is -0.432. The number of aromatic nitrogens is 5. The van der Waals surface area contributed by atoms with Crippen LogP contribution in [0.15, 0.2) is 29.7 Å². The smallest absolute Gasteiger partial charge is 0.290 e. The van der Waals surface area contributed by atoms with Gasteiger partial charge in [0.15, 0.2) is 5.82 Å². The molecule has 0 aromatic carbocycles. The number of piperazine rings is 1. The van der Waals surface area contributed by atoms with Gasteiger partial charge >= 0.3 is 0 Å². The topological polar surface area (TPSA) is 117 Å². The maximum Gasteiger partial charge on any atom is 0.290 e. The first-order chi connectivity index (χ1) is 12.7. The summed E-state index contributed by atoms with van der Waals surface area (Å²) >= 11 is 0.835. The number of carbonyl (C=O) groups is 2. The summed E-state index contributed by atoms with van der Waals surface area (Å²) in [5.41, 5.74) is 0. The lowest BCUT2D eigenvalue weighted by Crippen LogP contribution is -2.47. The molecule has 0 saturated carbocycles. The van der Waals surface area contributed by atoms with Gasteiger partial charge in [-0.05, 0) is 17.8 Å². The second-order valence-electron chi connectivity index (χ2n) is 5.52. The van der Waals surface area contributed by atoms with Crippen LogP contribution in [0.1, 0.15) is 5.82 Å². The third-order valence-corrected chi connectivity index (χ3v) is 4.69. The molecule has 2 aliphatic heterocycles. The molecule has 2 aromatic rings. The first-order valence-corrected chi connectivity index (χ1v) is 8.71. The van der Waals surface area contributed by atoms with Crippen molar-refractivity contribution in [3.63, 3.8) is 0 Å². The van der Waals surface area contributed by atoms with Crippen LogP contribution in [-0.4, -0.2) is 62.2 Å². The van der Waals surface area contributed by atoms with Crippen LogP contribution < -0.4 is 15.1 Å². The van der Waals surface area contributed by atoms with Crippen LogP contribution in [0.5, 0.6) is 0 Å². The average Bonchev–Trinajstić information content (AvgIpc) is 3.00. The monoisotopic (exact) mass is 370 g/mol. The van der Waals surface area contributed by atoms with Crippen molar-refractivity contribution in [1.82, 2.24) is 30.2 Å². The maximum atomic E-state index is 11.6. The molecule has 0 spiro atoms. The molecule has 132 valence electrons. The molecule has 4 rings (SSSR count). The molecule has 0 aliphatic carbocycles. The predicted octanol–water partition coefficient (Wildman–Crippen LogP) is 0.312. The highest BCUT2D eigenvalue weighted by Crippen LogP contribution is 2.24.